The molecule has 1 aromatic heterocycles. The van der Waals surface area contributed by atoms with E-state index in [0.29, 0.717) is 49.0 Å². The zero-order valence-corrected chi connectivity index (χ0v) is 19.2. The summed E-state index contributed by atoms with van der Waals surface area (Å²) >= 11 is 6.17. The molecule has 10 heteroatoms. The van der Waals surface area contributed by atoms with Gasteiger partial charge in [0.1, 0.15) is 5.82 Å². The predicted octanol–water partition coefficient (Wildman–Crippen LogP) is 2.95. The van der Waals surface area contributed by atoms with Crippen LogP contribution in [0.5, 0.6) is 0 Å². The number of aromatic nitrogens is 1. The topological polar surface area (TPSA) is 74.6 Å². The third-order valence-electron chi connectivity index (χ3n) is 5.55. The first kappa shape index (κ1) is 22.6. The zero-order valence-electron chi connectivity index (χ0n) is 17.6. The second kappa shape index (κ2) is 9.09. The van der Waals surface area contributed by atoms with E-state index in [1.165, 1.54) is 6.07 Å². The second-order valence-electron chi connectivity index (χ2n) is 7.79. The maximum Gasteiger partial charge on any atom is 0.256 e. The summed E-state index contributed by atoms with van der Waals surface area (Å²) in [5.41, 5.74) is 1.85. The number of amides is 1. The zero-order chi connectivity index (χ0) is 22.9. The van der Waals surface area contributed by atoms with Crippen molar-refractivity contribution in [1.82, 2.24) is 14.2 Å². The molecular formula is C22H24ClFN4O3S. The minimum absolute atomic E-state index is 0.111. The number of hydrogen-bond donors (Lipinski definition) is 1. The maximum atomic E-state index is 14.1. The molecule has 0 saturated carbocycles. The van der Waals surface area contributed by atoms with E-state index in [0.717, 1.165) is 17.2 Å². The number of halogens is 2. The number of hydrogen-bond acceptors (Lipinski definition) is 4. The molecule has 2 aromatic carbocycles. The quantitative estimate of drug-likeness (QED) is 0.591. The molecule has 0 unspecified atom stereocenters. The van der Waals surface area contributed by atoms with Gasteiger partial charge in [-0.25, -0.2) is 17.5 Å². The summed E-state index contributed by atoms with van der Waals surface area (Å²) in [6, 6.07) is 11.9. The molecule has 0 atom stereocenters. The highest BCUT2D eigenvalue weighted by atomic mass is 35.5. The molecule has 1 fully saturated rings. The van der Waals surface area contributed by atoms with Crippen LogP contribution in [-0.2, 0) is 16.6 Å². The monoisotopic (exact) mass is 478 g/mol. The number of carbonyl (C=O) groups excluding carboxylic acids is 1. The van der Waals surface area contributed by atoms with Gasteiger partial charge in [-0.2, -0.15) is 0 Å². The lowest BCUT2D eigenvalue weighted by molar-refractivity contribution is 0.0748. The highest BCUT2D eigenvalue weighted by Crippen LogP contribution is 2.27. The first-order valence-corrected chi connectivity index (χ1v) is 12.5. The van der Waals surface area contributed by atoms with Crippen LogP contribution in [0.3, 0.4) is 0 Å². The molecular weight excluding hydrogens is 455 g/mol. The number of para-hydroxylation sites is 1. The molecule has 4 rings (SSSR count). The Labute approximate surface area is 191 Å². The van der Waals surface area contributed by atoms with E-state index in [1.807, 2.05) is 9.47 Å². The van der Waals surface area contributed by atoms with E-state index in [1.54, 1.807) is 47.5 Å². The third kappa shape index (κ3) is 4.90. The second-order valence-corrected chi connectivity index (χ2v) is 10.1. The Balaban J connectivity index is 1.53. The molecule has 0 aliphatic carbocycles. The van der Waals surface area contributed by atoms with Gasteiger partial charge in [0.25, 0.3) is 5.91 Å². The Hall–Kier alpha value is -2.62. The molecule has 1 N–H and O–H groups in total. The van der Waals surface area contributed by atoms with Gasteiger partial charge >= 0.3 is 0 Å². The van der Waals surface area contributed by atoms with Crippen molar-refractivity contribution in [2.24, 2.45) is 0 Å². The van der Waals surface area contributed by atoms with E-state index >= 15 is 0 Å². The number of piperazine rings is 1. The van der Waals surface area contributed by atoms with Crippen molar-refractivity contribution in [1.29, 1.82) is 0 Å². The Morgan fingerprint density at radius 2 is 1.84 bits per heavy atom. The van der Waals surface area contributed by atoms with Gasteiger partial charge in [-0.1, -0.05) is 29.8 Å². The van der Waals surface area contributed by atoms with Crippen LogP contribution in [0, 0.1) is 5.82 Å². The number of benzene rings is 2. The summed E-state index contributed by atoms with van der Waals surface area (Å²) in [5, 5.41) is 1.29. The van der Waals surface area contributed by atoms with Crippen molar-refractivity contribution in [2.75, 3.05) is 43.9 Å². The molecule has 0 spiro atoms. The van der Waals surface area contributed by atoms with Gasteiger partial charge < -0.3 is 14.4 Å². The summed E-state index contributed by atoms with van der Waals surface area (Å²) in [7, 11) is -3.31. The molecule has 1 amide bonds. The lowest BCUT2D eigenvalue weighted by Gasteiger charge is -2.36. The molecule has 1 aliphatic rings. The van der Waals surface area contributed by atoms with Crippen LogP contribution < -0.4 is 9.62 Å². The third-order valence-corrected chi connectivity index (χ3v) is 6.52. The van der Waals surface area contributed by atoms with Crippen LogP contribution in [0.4, 0.5) is 10.1 Å². The van der Waals surface area contributed by atoms with Gasteiger partial charge in [0.05, 0.1) is 23.0 Å². The average Bonchev–Trinajstić information content (AvgIpc) is 3.10. The van der Waals surface area contributed by atoms with Crippen LogP contribution in [0.15, 0.2) is 48.7 Å². The molecule has 170 valence electrons. The highest BCUT2D eigenvalue weighted by Gasteiger charge is 2.26. The van der Waals surface area contributed by atoms with Crippen molar-refractivity contribution in [3.8, 4) is 0 Å². The van der Waals surface area contributed by atoms with Crippen LogP contribution in [0.25, 0.3) is 10.9 Å². The number of sulfonamides is 1. The number of rotatable bonds is 6. The molecule has 3 aromatic rings. The van der Waals surface area contributed by atoms with Crippen molar-refractivity contribution in [3.63, 3.8) is 0 Å². The fourth-order valence-corrected chi connectivity index (χ4v) is 4.63. The lowest BCUT2D eigenvalue weighted by Crippen LogP contribution is -2.49. The molecule has 2 heterocycles. The van der Waals surface area contributed by atoms with Crippen molar-refractivity contribution < 1.29 is 17.6 Å². The number of anilines is 1. The van der Waals surface area contributed by atoms with Gasteiger partial charge in [-0.15, -0.1) is 0 Å². The predicted molar refractivity (Wildman–Crippen MR) is 124 cm³/mol. The normalized spacial score (nSPS) is 14.8. The van der Waals surface area contributed by atoms with E-state index in [4.69, 9.17) is 11.6 Å². The molecule has 1 saturated heterocycles. The summed E-state index contributed by atoms with van der Waals surface area (Å²) in [5.74, 6) is -0.379. The number of nitrogens with one attached hydrogen (secondary N) is 1. The van der Waals surface area contributed by atoms with Gasteiger partial charge in [0, 0.05) is 55.9 Å². The smallest absolute Gasteiger partial charge is 0.256 e. The van der Waals surface area contributed by atoms with Crippen LogP contribution in [-0.4, -0.2) is 62.8 Å². The van der Waals surface area contributed by atoms with Gasteiger partial charge in [0.2, 0.25) is 10.0 Å². The van der Waals surface area contributed by atoms with Gasteiger partial charge in [-0.05, 0) is 24.3 Å². The number of nitrogens with zero attached hydrogens (tertiary/aromatic N) is 3. The summed E-state index contributed by atoms with van der Waals surface area (Å²) in [4.78, 5) is 17.0. The first-order chi connectivity index (χ1) is 15.2. The van der Waals surface area contributed by atoms with E-state index in [2.05, 4.69) is 4.72 Å². The van der Waals surface area contributed by atoms with E-state index in [9.17, 15) is 17.6 Å². The average molecular weight is 479 g/mol. The standard InChI is InChI=1S/C22H24ClFN4O3S/c1-32(30,31)25-8-9-28-15-18(17-7-6-16(23)14-21(17)28)22(29)27-12-10-26(11-13-27)20-5-3-2-4-19(20)24/h2-7,14-15,25H,8-13H2,1H3. The molecule has 32 heavy (non-hydrogen) atoms. The minimum Gasteiger partial charge on any atom is -0.366 e. The van der Waals surface area contributed by atoms with E-state index in [-0.39, 0.29) is 18.3 Å². The summed E-state index contributed by atoms with van der Waals surface area (Å²) < 4.78 is 41.2. The van der Waals surface area contributed by atoms with Crippen molar-refractivity contribution >= 4 is 44.1 Å². The lowest BCUT2D eigenvalue weighted by atomic mass is 10.1. The summed E-state index contributed by atoms with van der Waals surface area (Å²) in [6.45, 7) is 2.58. The highest BCUT2D eigenvalue weighted by molar-refractivity contribution is 7.88. The SMILES string of the molecule is CS(=O)(=O)NCCn1cc(C(=O)N2CCN(c3ccccc3F)CC2)c2ccc(Cl)cc21. The summed E-state index contributed by atoms with van der Waals surface area (Å²) in [6.07, 6.45) is 2.85. The largest absolute Gasteiger partial charge is 0.366 e. The van der Waals surface area contributed by atoms with Gasteiger partial charge in [0.15, 0.2) is 0 Å². The fraction of sp³-hybridized carbons (Fsp3) is 0.318. The Bertz CT molecular complexity index is 1250. The maximum absolute atomic E-state index is 14.1. The van der Waals surface area contributed by atoms with E-state index < -0.39 is 10.0 Å². The molecule has 7 nitrogen and oxygen atoms in total. The number of carbonyl (C=O) groups is 1. The molecule has 1 aliphatic heterocycles. The molecule has 0 radical (unpaired) electrons. The van der Waals surface area contributed by atoms with Crippen LogP contribution in [0.1, 0.15) is 10.4 Å². The Morgan fingerprint density at radius 1 is 1.12 bits per heavy atom. The Kier molecular flexibility index (Phi) is 6.41. The number of fused-ring (bicyclic) bond motifs is 1. The minimum atomic E-state index is -3.31. The van der Waals surface area contributed by atoms with Crippen molar-refractivity contribution in [2.45, 2.75) is 6.54 Å². The first-order valence-electron chi connectivity index (χ1n) is 10.2. The van der Waals surface area contributed by atoms with Crippen LogP contribution >= 0.6 is 11.6 Å². The van der Waals surface area contributed by atoms with Crippen LogP contribution in [0.2, 0.25) is 5.02 Å². The molecule has 0 bridgehead atoms. The fourth-order valence-electron chi connectivity index (χ4n) is 4.00. The Morgan fingerprint density at radius 3 is 2.53 bits per heavy atom. The van der Waals surface area contributed by atoms with Crippen molar-refractivity contribution in [3.05, 3.63) is 65.1 Å². The van der Waals surface area contributed by atoms with Gasteiger partial charge in [-0.3, -0.25) is 4.79 Å².